The van der Waals surface area contributed by atoms with Gasteiger partial charge in [-0.1, -0.05) is 56.1 Å². The lowest BCUT2D eigenvalue weighted by Gasteiger charge is -2.50. The number of benzene rings is 2. The van der Waals surface area contributed by atoms with Crippen molar-refractivity contribution in [3.63, 3.8) is 0 Å². The van der Waals surface area contributed by atoms with E-state index in [1.54, 1.807) is 0 Å². The highest BCUT2D eigenvalue weighted by atomic mass is 79.9. The van der Waals surface area contributed by atoms with Crippen LogP contribution >= 0.6 is 31.9 Å². The average molecular weight is 522 g/mol. The maximum absolute atomic E-state index is 13.3. The number of halogens is 2. The predicted octanol–water partition coefficient (Wildman–Crippen LogP) is 3.59. The molecule has 6 nitrogen and oxygen atoms in total. The summed E-state index contributed by atoms with van der Waals surface area (Å²) in [5, 5.41) is 15.3. The lowest BCUT2D eigenvalue weighted by atomic mass is 9.54. The number of hydrogen-bond acceptors (Lipinski definition) is 4. The van der Waals surface area contributed by atoms with Crippen LogP contribution in [0.5, 0.6) is 0 Å². The van der Waals surface area contributed by atoms with Crippen molar-refractivity contribution < 1.29 is 19.5 Å². The molecule has 0 unspecified atom stereocenters. The first-order valence-corrected chi connectivity index (χ1v) is 10.8. The quantitative estimate of drug-likeness (QED) is 0.526. The fourth-order valence-corrected chi connectivity index (χ4v) is 5.51. The van der Waals surface area contributed by atoms with E-state index in [-0.39, 0.29) is 12.8 Å². The van der Waals surface area contributed by atoms with E-state index in [4.69, 9.17) is 0 Å². The number of urea groups is 1. The number of barbiturate groups is 1. The predicted molar refractivity (Wildman–Crippen MR) is 113 cm³/mol. The number of carbonyl (C=O) groups is 3. The Kier molecular flexibility index (Phi) is 5.35. The van der Waals surface area contributed by atoms with Gasteiger partial charge < -0.3 is 5.11 Å². The van der Waals surface area contributed by atoms with Crippen molar-refractivity contribution in [2.45, 2.75) is 30.8 Å². The van der Waals surface area contributed by atoms with Crippen molar-refractivity contribution in [2.75, 3.05) is 0 Å². The van der Waals surface area contributed by atoms with E-state index in [9.17, 15) is 19.5 Å². The molecule has 1 saturated heterocycles. The van der Waals surface area contributed by atoms with Crippen LogP contribution < -0.4 is 10.6 Å². The van der Waals surface area contributed by atoms with Gasteiger partial charge in [0.05, 0.1) is 6.10 Å². The van der Waals surface area contributed by atoms with Crippen molar-refractivity contribution >= 4 is 49.7 Å². The van der Waals surface area contributed by atoms with E-state index in [1.165, 1.54) is 0 Å². The first kappa shape index (κ1) is 20.3. The van der Waals surface area contributed by atoms with E-state index in [2.05, 4.69) is 42.5 Å². The Morgan fingerprint density at radius 3 is 1.69 bits per heavy atom. The fourth-order valence-electron chi connectivity index (χ4n) is 4.68. The molecule has 1 heterocycles. The first-order valence-electron chi connectivity index (χ1n) is 9.18. The van der Waals surface area contributed by atoms with Crippen LogP contribution in [-0.2, 0) is 9.59 Å². The SMILES string of the molecule is O=C1NC(=O)C2(C(=O)N1)[C@@H](c1cccc(Br)c1)CC(O)C[C@@H]2c1cccc(Br)c1. The first-order chi connectivity index (χ1) is 13.8. The number of nitrogens with one attached hydrogen (secondary N) is 2. The molecule has 1 aliphatic carbocycles. The van der Waals surface area contributed by atoms with Gasteiger partial charge in [0.15, 0.2) is 0 Å². The van der Waals surface area contributed by atoms with E-state index < -0.39 is 41.2 Å². The van der Waals surface area contributed by atoms with Gasteiger partial charge in [-0.15, -0.1) is 0 Å². The Morgan fingerprint density at radius 1 is 0.828 bits per heavy atom. The molecular formula is C21H18Br2N2O4. The van der Waals surface area contributed by atoms with E-state index in [0.29, 0.717) is 0 Å². The van der Waals surface area contributed by atoms with Crippen LogP contribution in [0.1, 0.15) is 35.8 Å². The summed E-state index contributed by atoms with van der Waals surface area (Å²) in [5.74, 6) is -2.48. The van der Waals surface area contributed by atoms with Gasteiger partial charge in [0.25, 0.3) is 0 Å². The summed E-state index contributed by atoms with van der Waals surface area (Å²) < 4.78 is 1.61. The number of amides is 4. The zero-order valence-corrected chi connectivity index (χ0v) is 18.4. The molecule has 1 aliphatic heterocycles. The van der Waals surface area contributed by atoms with Gasteiger partial charge in [0, 0.05) is 20.8 Å². The zero-order chi connectivity index (χ0) is 20.8. The summed E-state index contributed by atoms with van der Waals surface area (Å²) >= 11 is 6.88. The molecule has 2 fully saturated rings. The van der Waals surface area contributed by atoms with E-state index in [0.717, 1.165) is 20.1 Å². The molecule has 4 amide bonds. The van der Waals surface area contributed by atoms with Crippen LogP contribution in [0.2, 0.25) is 0 Å². The lowest BCUT2D eigenvalue weighted by molar-refractivity contribution is -0.152. The summed E-state index contributed by atoms with van der Waals surface area (Å²) in [6.45, 7) is 0. The Hall–Kier alpha value is -2.03. The van der Waals surface area contributed by atoms with Crippen LogP contribution in [-0.4, -0.2) is 29.1 Å². The minimum absolute atomic E-state index is 0.232. The minimum Gasteiger partial charge on any atom is -0.393 e. The summed E-state index contributed by atoms with van der Waals surface area (Å²) in [4.78, 5) is 38.5. The molecular weight excluding hydrogens is 504 g/mol. The molecule has 0 aromatic heterocycles. The van der Waals surface area contributed by atoms with Crippen LogP contribution in [0.4, 0.5) is 4.79 Å². The van der Waals surface area contributed by atoms with Gasteiger partial charge in [0.2, 0.25) is 11.8 Å². The fraction of sp³-hybridized carbons (Fsp3) is 0.286. The molecule has 4 rings (SSSR count). The van der Waals surface area contributed by atoms with E-state index in [1.807, 2.05) is 48.5 Å². The molecule has 0 radical (unpaired) electrons. The molecule has 1 spiro atoms. The maximum Gasteiger partial charge on any atom is 0.328 e. The number of hydrogen-bond donors (Lipinski definition) is 3. The highest BCUT2D eigenvalue weighted by Gasteiger charge is 2.63. The number of aliphatic hydroxyl groups is 1. The summed E-state index contributed by atoms with van der Waals surface area (Å²) in [7, 11) is 0. The van der Waals surface area contributed by atoms with Gasteiger partial charge in [-0.05, 0) is 48.2 Å². The average Bonchev–Trinajstić information content (AvgIpc) is 2.66. The number of carbonyl (C=O) groups excluding carboxylic acids is 3. The highest BCUT2D eigenvalue weighted by molar-refractivity contribution is 9.10. The van der Waals surface area contributed by atoms with Gasteiger partial charge >= 0.3 is 6.03 Å². The van der Waals surface area contributed by atoms with Gasteiger partial charge in [-0.3, -0.25) is 20.2 Å². The van der Waals surface area contributed by atoms with Crippen molar-refractivity contribution in [3.05, 3.63) is 68.6 Å². The summed E-state index contributed by atoms with van der Waals surface area (Å²) in [5.41, 5.74) is -0.0649. The minimum atomic E-state index is -1.56. The Morgan fingerprint density at radius 2 is 1.28 bits per heavy atom. The Labute approximate surface area is 184 Å². The monoisotopic (exact) mass is 520 g/mol. The van der Waals surface area contributed by atoms with Crippen molar-refractivity contribution in [1.82, 2.24) is 10.6 Å². The molecule has 2 atom stereocenters. The third-order valence-electron chi connectivity index (χ3n) is 5.82. The standard InChI is InChI=1S/C21H18Br2N2O4/c22-13-5-1-3-11(7-13)16-9-15(26)10-17(12-4-2-6-14(23)8-12)21(16)18(27)24-20(29)25-19(21)28/h1-8,15-17,26H,9-10H2,(H2,24,25,27,28,29)/t16-,17-/m1/s1. The van der Waals surface area contributed by atoms with Gasteiger partial charge in [0.1, 0.15) is 5.41 Å². The zero-order valence-electron chi connectivity index (χ0n) is 15.2. The van der Waals surface area contributed by atoms with Crippen LogP contribution in [0.15, 0.2) is 57.5 Å². The summed E-state index contributed by atoms with van der Waals surface area (Å²) in [6.07, 6.45) is -0.238. The van der Waals surface area contributed by atoms with Gasteiger partial charge in [-0.2, -0.15) is 0 Å². The molecule has 2 aromatic carbocycles. The Balaban J connectivity index is 1.95. The molecule has 150 valence electrons. The topological polar surface area (TPSA) is 95.5 Å². The van der Waals surface area contributed by atoms with Crippen molar-refractivity contribution in [2.24, 2.45) is 5.41 Å². The second kappa shape index (κ2) is 7.66. The Bertz CT molecular complexity index is 932. The van der Waals surface area contributed by atoms with Crippen LogP contribution in [0, 0.1) is 5.41 Å². The second-order valence-electron chi connectivity index (χ2n) is 7.45. The normalized spacial score (nSPS) is 26.2. The molecule has 1 saturated carbocycles. The second-order valence-corrected chi connectivity index (χ2v) is 9.28. The molecule has 0 bridgehead atoms. The largest absolute Gasteiger partial charge is 0.393 e. The lowest BCUT2D eigenvalue weighted by Crippen LogP contribution is -2.68. The molecule has 8 heteroatoms. The highest BCUT2D eigenvalue weighted by Crippen LogP contribution is 2.56. The third-order valence-corrected chi connectivity index (χ3v) is 6.81. The molecule has 3 N–H and O–H groups in total. The molecule has 2 aromatic rings. The molecule has 2 aliphatic rings. The number of imide groups is 2. The van der Waals surface area contributed by atoms with Crippen LogP contribution in [0.25, 0.3) is 0 Å². The van der Waals surface area contributed by atoms with Gasteiger partial charge in [-0.25, -0.2) is 4.79 Å². The maximum atomic E-state index is 13.3. The van der Waals surface area contributed by atoms with E-state index >= 15 is 0 Å². The van der Waals surface area contributed by atoms with Crippen molar-refractivity contribution in [3.8, 4) is 0 Å². The van der Waals surface area contributed by atoms with Crippen LogP contribution in [0.3, 0.4) is 0 Å². The summed E-state index contributed by atoms with van der Waals surface area (Å²) in [6, 6.07) is 13.9. The smallest absolute Gasteiger partial charge is 0.328 e. The molecule has 29 heavy (non-hydrogen) atoms. The third kappa shape index (κ3) is 3.43. The number of aliphatic hydroxyl groups excluding tert-OH is 1. The van der Waals surface area contributed by atoms with Crippen molar-refractivity contribution in [1.29, 1.82) is 0 Å². The number of rotatable bonds is 2.